The summed E-state index contributed by atoms with van der Waals surface area (Å²) < 4.78 is 24.5. The lowest BCUT2D eigenvalue weighted by atomic mass is 10.1. The molecule has 0 bridgehead atoms. The van der Waals surface area contributed by atoms with E-state index in [1.165, 1.54) is 6.92 Å². The Bertz CT molecular complexity index is 377. The van der Waals surface area contributed by atoms with E-state index in [0.717, 1.165) is 12.1 Å². The van der Waals surface area contributed by atoms with Crippen molar-refractivity contribution in [1.82, 2.24) is 0 Å². The van der Waals surface area contributed by atoms with E-state index in [4.69, 9.17) is 16.7 Å². The topological polar surface area (TPSA) is 37.3 Å². The summed E-state index contributed by atoms with van der Waals surface area (Å²) in [4.78, 5) is 10.9. The molecule has 1 aromatic carbocycles. The Balaban J connectivity index is 3.31. The fourth-order valence-electron chi connectivity index (χ4n) is 1.02. The van der Waals surface area contributed by atoms with Crippen molar-refractivity contribution in [2.24, 2.45) is 0 Å². The van der Waals surface area contributed by atoms with Gasteiger partial charge >= 0.3 is 0 Å². The van der Waals surface area contributed by atoms with Gasteiger partial charge in [-0.15, -0.1) is 0 Å². The molecular formula is C9H7ClF2O2. The molecule has 0 unspecified atom stereocenters. The minimum Gasteiger partial charge on any atom is -0.507 e. The molecule has 0 aromatic heterocycles. The predicted molar refractivity (Wildman–Crippen MR) is 48.1 cm³/mol. The number of phenols is 1. The number of aromatic hydroxyl groups is 1. The fourth-order valence-corrected chi connectivity index (χ4v) is 1.33. The lowest BCUT2D eigenvalue weighted by molar-refractivity contribution is 0.101. The monoisotopic (exact) mass is 220 g/mol. The van der Waals surface area contributed by atoms with E-state index in [9.17, 15) is 13.6 Å². The van der Waals surface area contributed by atoms with Crippen LogP contribution in [0.4, 0.5) is 8.78 Å². The van der Waals surface area contributed by atoms with Gasteiger partial charge in [-0.2, -0.15) is 0 Å². The van der Waals surface area contributed by atoms with Gasteiger partial charge < -0.3 is 5.11 Å². The first kappa shape index (κ1) is 10.9. The highest BCUT2D eigenvalue weighted by atomic mass is 35.5. The summed E-state index contributed by atoms with van der Waals surface area (Å²) in [6.45, 7) is 1.24. The number of hydrogen-bond donors (Lipinski definition) is 1. The first-order valence-corrected chi connectivity index (χ1v) is 4.12. The average Bonchev–Trinajstić information content (AvgIpc) is 2.07. The molecule has 0 fully saturated rings. The van der Waals surface area contributed by atoms with Crippen LogP contribution in [0.1, 0.15) is 29.3 Å². The molecule has 0 saturated heterocycles. The SMILES string of the molecule is CC(=O)c1cc(O)c(C(F)F)cc1Cl. The van der Waals surface area contributed by atoms with Gasteiger partial charge in [0.05, 0.1) is 10.6 Å². The summed E-state index contributed by atoms with van der Waals surface area (Å²) in [6.07, 6.45) is -2.81. The molecule has 14 heavy (non-hydrogen) atoms. The van der Waals surface area contributed by atoms with Gasteiger partial charge in [0.1, 0.15) is 5.75 Å². The van der Waals surface area contributed by atoms with Gasteiger partial charge in [-0.05, 0) is 19.1 Å². The van der Waals surface area contributed by atoms with Crippen LogP contribution in [-0.2, 0) is 0 Å². The molecule has 0 amide bonds. The molecule has 0 heterocycles. The van der Waals surface area contributed by atoms with Gasteiger partial charge in [0.25, 0.3) is 6.43 Å². The van der Waals surface area contributed by atoms with Gasteiger partial charge in [-0.25, -0.2) is 8.78 Å². The molecule has 76 valence electrons. The van der Waals surface area contributed by atoms with Crippen LogP contribution in [0.25, 0.3) is 0 Å². The minimum absolute atomic E-state index is 0.0357. The van der Waals surface area contributed by atoms with Gasteiger partial charge in [0, 0.05) is 5.56 Å². The molecule has 0 radical (unpaired) electrons. The number of ketones is 1. The number of alkyl halides is 2. The Morgan fingerprint density at radius 3 is 2.50 bits per heavy atom. The van der Waals surface area contributed by atoms with E-state index >= 15 is 0 Å². The number of carbonyl (C=O) groups excluding carboxylic acids is 1. The summed E-state index contributed by atoms with van der Waals surface area (Å²) in [5, 5.41) is 9.07. The normalized spacial score (nSPS) is 10.6. The van der Waals surface area contributed by atoms with Crippen LogP contribution in [0, 0.1) is 0 Å². The first-order valence-electron chi connectivity index (χ1n) is 3.75. The summed E-state index contributed by atoms with van der Waals surface area (Å²) >= 11 is 5.58. The number of halogens is 3. The van der Waals surface area contributed by atoms with E-state index in [0.29, 0.717) is 0 Å². The fraction of sp³-hybridized carbons (Fsp3) is 0.222. The van der Waals surface area contributed by atoms with Crippen molar-refractivity contribution in [2.75, 3.05) is 0 Å². The minimum atomic E-state index is -2.81. The van der Waals surface area contributed by atoms with E-state index in [2.05, 4.69) is 0 Å². The van der Waals surface area contributed by atoms with Crippen molar-refractivity contribution in [2.45, 2.75) is 13.3 Å². The molecular weight excluding hydrogens is 214 g/mol. The number of hydrogen-bond acceptors (Lipinski definition) is 2. The second-order valence-electron chi connectivity index (χ2n) is 2.75. The van der Waals surface area contributed by atoms with Gasteiger partial charge in [-0.3, -0.25) is 4.79 Å². The van der Waals surface area contributed by atoms with Crippen LogP contribution in [-0.4, -0.2) is 10.9 Å². The van der Waals surface area contributed by atoms with Crippen LogP contribution < -0.4 is 0 Å². The number of rotatable bonds is 2. The van der Waals surface area contributed by atoms with Gasteiger partial charge in [0.2, 0.25) is 0 Å². The van der Waals surface area contributed by atoms with E-state index in [1.54, 1.807) is 0 Å². The quantitative estimate of drug-likeness (QED) is 0.778. The zero-order valence-electron chi connectivity index (χ0n) is 7.22. The van der Waals surface area contributed by atoms with Gasteiger partial charge in [0.15, 0.2) is 5.78 Å². The molecule has 1 N–H and O–H groups in total. The highest BCUT2D eigenvalue weighted by Gasteiger charge is 2.17. The number of benzene rings is 1. The summed E-state index contributed by atoms with van der Waals surface area (Å²) in [5.74, 6) is -0.999. The maximum Gasteiger partial charge on any atom is 0.267 e. The third-order valence-corrected chi connectivity index (χ3v) is 2.04. The molecule has 2 nitrogen and oxygen atoms in total. The molecule has 0 atom stereocenters. The Hall–Kier alpha value is -1.16. The van der Waals surface area contributed by atoms with Crippen molar-refractivity contribution in [3.05, 3.63) is 28.3 Å². The molecule has 5 heteroatoms. The molecule has 1 aromatic rings. The summed E-state index contributed by atoms with van der Waals surface area (Å²) in [5.41, 5.74) is -0.534. The van der Waals surface area contributed by atoms with Crippen LogP contribution >= 0.6 is 11.6 Å². The third-order valence-electron chi connectivity index (χ3n) is 1.73. The highest BCUT2D eigenvalue weighted by molar-refractivity contribution is 6.34. The Kier molecular flexibility index (Phi) is 3.06. The third kappa shape index (κ3) is 2.01. The van der Waals surface area contributed by atoms with Crippen LogP contribution in [0.5, 0.6) is 5.75 Å². The predicted octanol–water partition coefficient (Wildman–Crippen LogP) is 3.19. The van der Waals surface area contributed by atoms with Gasteiger partial charge in [-0.1, -0.05) is 11.6 Å². The zero-order chi connectivity index (χ0) is 10.9. The Morgan fingerprint density at radius 1 is 1.50 bits per heavy atom. The van der Waals surface area contributed by atoms with Crippen molar-refractivity contribution in [1.29, 1.82) is 0 Å². The molecule has 1 rings (SSSR count). The van der Waals surface area contributed by atoms with Crippen molar-refractivity contribution >= 4 is 17.4 Å². The first-order chi connectivity index (χ1) is 6.43. The van der Waals surface area contributed by atoms with Crippen molar-refractivity contribution in [3.63, 3.8) is 0 Å². The highest BCUT2D eigenvalue weighted by Crippen LogP contribution is 2.33. The van der Waals surface area contributed by atoms with Crippen molar-refractivity contribution < 1.29 is 18.7 Å². The largest absolute Gasteiger partial charge is 0.507 e. The summed E-state index contributed by atoms with van der Waals surface area (Å²) in [7, 11) is 0. The molecule has 0 spiro atoms. The number of Topliss-reactive ketones (excluding diaryl/α,β-unsaturated/α-hetero) is 1. The second kappa shape index (κ2) is 3.92. The molecule has 0 aliphatic heterocycles. The summed E-state index contributed by atoms with van der Waals surface area (Å²) in [6, 6.07) is 1.85. The van der Waals surface area contributed by atoms with Crippen LogP contribution in [0.3, 0.4) is 0 Å². The van der Waals surface area contributed by atoms with E-state index in [1.807, 2.05) is 0 Å². The smallest absolute Gasteiger partial charge is 0.267 e. The Labute approximate surface area is 84.1 Å². The average molecular weight is 221 g/mol. The number of carbonyl (C=O) groups is 1. The zero-order valence-corrected chi connectivity index (χ0v) is 7.98. The van der Waals surface area contributed by atoms with E-state index in [-0.39, 0.29) is 16.4 Å². The maximum absolute atomic E-state index is 12.2. The van der Waals surface area contributed by atoms with Crippen LogP contribution in [0.15, 0.2) is 12.1 Å². The Morgan fingerprint density at radius 2 is 2.07 bits per heavy atom. The molecule has 0 aliphatic rings. The van der Waals surface area contributed by atoms with Crippen molar-refractivity contribution in [3.8, 4) is 5.75 Å². The van der Waals surface area contributed by atoms with Crippen LogP contribution in [0.2, 0.25) is 5.02 Å². The second-order valence-corrected chi connectivity index (χ2v) is 3.15. The standard InChI is InChI=1S/C9H7ClF2O2/c1-4(13)5-3-8(14)6(9(11)12)2-7(5)10/h2-3,9,14H,1H3. The molecule has 0 aliphatic carbocycles. The molecule has 0 saturated carbocycles. The lowest BCUT2D eigenvalue weighted by Gasteiger charge is -2.06. The van der Waals surface area contributed by atoms with E-state index < -0.39 is 17.7 Å². The maximum atomic E-state index is 12.2. The lowest BCUT2D eigenvalue weighted by Crippen LogP contribution is -1.96. The number of phenolic OH excluding ortho intramolecular Hbond substituents is 1.